The number of hydrogen-bond acceptors (Lipinski definition) is 6. The molecule has 13 heteroatoms. The van der Waals surface area contributed by atoms with Crippen molar-refractivity contribution in [3.63, 3.8) is 0 Å². The summed E-state index contributed by atoms with van der Waals surface area (Å²) in [6.45, 7) is -0.572. The summed E-state index contributed by atoms with van der Waals surface area (Å²) < 4.78 is 51.0. The summed E-state index contributed by atoms with van der Waals surface area (Å²) in [5.74, 6) is -0.777. The van der Waals surface area contributed by atoms with E-state index in [1.807, 2.05) is 0 Å². The summed E-state index contributed by atoms with van der Waals surface area (Å²) in [5, 5.41) is 8.60. The summed E-state index contributed by atoms with van der Waals surface area (Å²) in [4.78, 5) is 39.2. The predicted octanol–water partition coefficient (Wildman–Crippen LogP) is 2.97. The number of aliphatic carboxylic acids is 1. The maximum absolute atomic E-state index is 13.0. The molecule has 0 bridgehead atoms. The number of aromatic nitrogens is 3. The first-order valence-corrected chi connectivity index (χ1v) is 9.45. The van der Waals surface area contributed by atoms with E-state index in [1.54, 1.807) is 0 Å². The van der Waals surface area contributed by atoms with Gasteiger partial charge in [-0.15, -0.1) is 0 Å². The number of carbonyl (C=O) groups is 1. The molecule has 0 spiro atoms. The van der Waals surface area contributed by atoms with Crippen LogP contribution in [0.15, 0.2) is 56.7 Å². The van der Waals surface area contributed by atoms with Crippen molar-refractivity contribution < 1.29 is 32.5 Å². The number of hydrogen-bond donors (Lipinski definition) is 1. The number of ether oxygens (including phenoxy) is 2. The molecule has 3 rings (SSSR count). The lowest BCUT2D eigenvalue weighted by Gasteiger charge is -2.15. The summed E-state index contributed by atoms with van der Waals surface area (Å²) >= 11 is 3.25. The molecule has 0 aliphatic rings. The zero-order valence-corrected chi connectivity index (χ0v) is 17.7. The molecule has 0 atom stereocenters. The number of rotatable bonds is 6. The highest BCUT2D eigenvalue weighted by Crippen LogP contribution is 2.32. The van der Waals surface area contributed by atoms with Crippen molar-refractivity contribution >= 4 is 21.9 Å². The minimum Gasteiger partial charge on any atom is -0.479 e. The van der Waals surface area contributed by atoms with Gasteiger partial charge in [-0.2, -0.15) is 13.2 Å². The molecule has 2 aromatic heterocycles. The van der Waals surface area contributed by atoms with Gasteiger partial charge in [0.1, 0.15) is 17.2 Å². The maximum atomic E-state index is 13.0. The molecule has 0 aliphatic heterocycles. The van der Waals surface area contributed by atoms with Crippen LogP contribution >= 0.6 is 15.9 Å². The first kappa shape index (κ1) is 23.1. The van der Waals surface area contributed by atoms with Gasteiger partial charge in [0, 0.05) is 25.2 Å². The standard InChI is InChI=1S/C19H13BrF3N3O6/c1-25-14(19(21,22)23)7-16(27)26(18(25)30)10-2-4-12(20)13(6-10)32-11-3-5-15(24-8-11)31-9-17(28)29/h2-8H,9H2,1H3,(H,28,29). The molecule has 168 valence electrons. The van der Waals surface area contributed by atoms with E-state index < -0.39 is 35.7 Å². The van der Waals surface area contributed by atoms with Crippen molar-refractivity contribution in [2.24, 2.45) is 7.05 Å². The summed E-state index contributed by atoms with van der Waals surface area (Å²) in [6.07, 6.45) is -3.62. The van der Waals surface area contributed by atoms with Crippen LogP contribution in [0.2, 0.25) is 0 Å². The number of halogens is 4. The van der Waals surface area contributed by atoms with Crippen LogP contribution in [0, 0.1) is 0 Å². The minimum atomic E-state index is -4.87. The number of pyridine rings is 1. The van der Waals surface area contributed by atoms with Gasteiger partial charge in [-0.25, -0.2) is 19.1 Å². The van der Waals surface area contributed by atoms with Gasteiger partial charge in [0.05, 0.1) is 16.4 Å². The molecule has 0 unspecified atom stereocenters. The zero-order valence-electron chi connectivity index (χ0n) is 16.1. The largest absolute Gasteiger partial charge is 0.479 e. The van der Waals surface area contributed by atoms with Crippen molar-refractivity contribution in [2.75, 3.05) is 6.61 Å². The van der Waals surface area contributed by atoms with Crippen LogP contribution in [-0.4, -0.2) is 31.8 Å². The summed E-state index contributed by atoms with van der Waals surface area (Å²) in [6, 6.07) is 7.23. The van der Waals surface area contributed by atoms with Crippen LogP contribution < -0.4 is 20.7 Å². The second-order valence-corrected chi connectivity index (χ2v) is 7.13. The van der Waals surface area contributed by atoms with Crippen LogP contribution in [-0.2, 0) is 18.0 Å². The Morgan fingerprint density at radius 2 is 1.91 bits per heavy atom. The summed E-state index contributed by atoms with van der Waals surface area (Å²) in [5.41, 5.74) is -3.72. The third-order valence-corrected chi connectivity index (χ3v) is 4.72. The van der Waals surface area contributed by atoms with E-state index in [0.717, 1.165) is 7.05 Å². The Labute approximate surface area is 185 Å². The minimum absolute atomic E-state index is 0.0168. The Balaban J connectivity index is 1.95. The molecule has 0 amide bonds. The normalized spacial score (nSPS) is 11.3. The number of carboxylic acids is 1. The van der Waals surface area contributed by atoms with E-state index in [-0.39, 0.29) is 23.1 Å². The fourth-order valence-electron chi connectivity index (χ4n) is 2.62. The van der Waals surface area contributed by atoms with E-state index in [2.05, 4.69) is 20.9 Å². The fraction of sp³-hybridized carbons (Fsp3) is 0.158. The highest BCUT2D eigenvalue weighted by atomic mass is 79.9. The Morgan fingerprint density at radius 1 is 1.19 bits per heavy atom. The SMILES string of the molecule is Cn1c(C(F)(F)F)cc(=O)n(-c2ccc(Br)c(Oc3ccc(OCC(=O)O)nc3)c2)c1=O. The van der Waals surface area contributed by atoms with Gasteiger partial charge in [-0.1, -0.05) is 0 Å². The van der Waals surface area contributed by atoms with Gasteiger partial charge in [-0.05, 0) is 34.1 Å². The lowest BCUT2D eigenvalue weighted by molar-refractivity contribution is -0.144. The molecule has 0 fully saturated rings. The molecule has 9 nitrogen and oxygen atoms in total. The molecule has 2 heterocycles. The van der Waals surface area contributed by atoms with Crippen molar-refractivity contribution in [1.29, 1.82) is 0 Å². The van der Waals surface area contributed by atoms with Crippen LogP contribution in [0.3, 0.4) is 0 Å². The topological polar surface area (TPSA) is 113 Å². The van der Waals surface area contributed by atoms with Crippen LogP contribution in [0.1, 0.15) is 5.69 Å². The smallest absolute Gasteiger partial charge is 0.431 e. The second kappa shape index (κ2) is 8.86. The van der Waals surface area contributed by atoms with Crippen molar-refractivity contribution in [3.8, 4) is 23.1 Å². The van der Waals surface area contributed by atoms with Gasteiger partial charge in [0.15, 0.2) is 6.61 Å². The molecule has 0 radical (unpaired) electrons. The number of benzene rings is 1. The number of nitrogens with zero attached hydrogens (tertiary/aromatic N) is 3. The van der Waals surface area contributed by atoms with Gasteiger partial charge >= 0.3 is 17.8 Å². The van der Waals surface area contributed by atoms with Gasteiger partial charge < -0.3 is 14.6 Å². The van der Waals surface area contributed by atoms with Gasteiger partial charge in [0.25, 0.3) is 5.56 Å². The molecular formula is C19H13BrF3N3O6. The first-order valence-electron chi connectivity index (χ1n) is 8.66. The van der Waals surface area contributed by atoms with Crippen LogP contribution in [0.4, 0.5) is 13.2 Å². The highest BCUT2D eigenvalue weighted by molar-refractivity contribution is 9.10. The molecule has 0 saturated carbocycles. The van der Waals surface area contributed by atoms with Crippen molar-refractivity contribution in [3.05, 3.63) is 73.6 Å². The molecule has 1 N–H and O–H groups in total. The lowest BCUT2D eigenvalue weighted by Crippen LogP contribution is -2.40. The third-order valence-electron chi connectivity index (χ3n) is 4.06. The molecule has 0 saturated heterocycles. The van der Waals surface area contributed by atoms with E-state index in [0.29, 0.717) is 19.7 Å². The fourth-order valence-corrected chi connectivity index (χ4v) is 2.95. The Bertz CT molecular complexity index is 1290. The molecule has 32 heavy (non-hydrogen) atoms. The lowest BCUT2D eigenvalue weighted by atomic mass is 10.3. The molecule has 0 aliphatic carbocycles. The molecule has 1 aromatic carbocycles. The van der Waals surface area contributed by atoms with Crippen LogP contribution in [0.5, 0.6) is 17.4 Å². The van der Waals surface area contributed by atoms with Crippen molar-refractivity contribution in [1.82, 2.24) is 14.1 Å². The average Bonchev–Trinajstić information content (AvgIpc) is 2.71. The first-order chi connectivity index (χ1) is 15.0. The third kappa shape index (κ3) is 4.99. The Morgan fingerprint density at radius 3 is 2.50 bits per heavy atom. The quantitative estimate of drug-likeness (QED) is 0.536. The van der Waals surface area contributed by atoms with E-state index in [4.69, 9.17) is 14.6 Å². The van der Waals surface area contributed by atoms with E-state index in [9.17, 15) is 27.6 Å². The van der Waals surface area contributed by atoms with Crippen LogP contribution in [0.25, 0.3) is 5.69 Å². The monoisotopic (exact) mass is 515 g/mol. The maximum Gasteiger partial charge on any atom is 0.431 e. The van der Waals surface area contributed by atoms with Gasteiger partial charge in [-0.3, -0.25) is 9.36 Å². The number of carboxylic acid groups (broad SMARTS) is 1. The van der Waals surface area contributed by atoms with E-state index in [1.165, 1.54) is 36.5 Å². The molecular weight excluding hydrogens is 503 g/mol. The highest BCUT2D eigenvalue weighted by Gasteiger charge is 2.35. The zero-order chi connectivity index (χ0) is 23.6. The summed E-state index contributed by atoms with van der Waals surface area (Å²) in [7, 11) is 0.914. The Hall–Kier alpha value is -3.61. The van der Waals surface area contributed by atoms with Gasteiger partial charge in [0.2, 0.25) is 5.88 Å². The number of alkyl halides is 3. The second-order valence-electron chi connectivity index (χ2n) is 6.27. The Kier molecular flexibility index (Phi) is 6.39. The molecule has 3 aromatic rings. The predicted molar refractivity (Wildman–Crippen MR) is 107 cm³/mol. The average molecular weight is 516 g/mol. The van der Waals surface area contributed by atoms with E-state index >= 15 is 0 Å². The van der Waals surface area contributed by atoms with Crippen molar-refractivity contribution in [2.45, 2.75) is 6.18 Å².